The van der Waals surface area contributed by atoms with Gasteiger partial charge in [-0.25, -0.2) is 0 Å². The lowest BCUT2D eigenvalue weighted by Crippen LogP contribution is -2.30. The first-order valence-corrected chi connectivity index (χ1v) is 6.82. The summed E-state index contributed by atoms with van der Waals surface area (Å²) >= 11 is 1.68. The third-order valence-electron chi connectivity index (χ3n) is 2.94. The smallest absolute Gasteiger partial charge is 0.238 e. The molecule has 1 fully saturated rings. The number of amides is 1. The molecule has 2 rings (SSSR count). The number of unbranched alkanes of at least 4 members (excludes halogenated alkanes) is 2. The number of thiophene rings is 1. The van der Waals surface area contributed by atoms with Gasteiger partial charge in [-0.15, -0.1) is 0 Å². The van der Waals surface area contributed by atoms with Crippen molar-refractivity contribution in [1.29, 1.82) is 0 Å². The molecule has 1 aliphatic rings. The largest absolute Gasteiger partial charge is 0.322 e. The van der Waals surface area contributed by atoms with Crippen LogP contribution in [0.3, 0.4) is 0 Å². The van der Waals surface area contributed by atoms with Gasteiger partial charge in [-0.05, 0) is 28.8 Å². The first-order chi connectivity index (χ1) is 7.83. The van der Waals surface area contributed by atoms with Crippen LogP contribution in [0.4, 0.5) is 0 Å². The lowest BCUT2D eigenvalue weighted by atomic mass is 10.2. The first kappa shape index (κ1) is 11.6. The van der Waals surface area contributed by atoms with Crippen LogP contribution in [-0.4, -0.2) is 23.9 Å². The summed E-state index contributed by atoms with van der Waals surface area (Å²) in [5, 5.41) is 7.44. The second-order valence-electron chi connectivity index (χ2n) is 4.13. The van der Waals surface area contributed by atoms with E-state index in [9.17, 15) is 4.79 Å². The van der Waals surface area contributed by atoms with Gasteiger partial charge < -0.3 is 4.90 Å². The highest BCUT2D eigenvalue weighted by molar-refractivity contribution is 7.07. The maximum absolute atomic E-state index is 11.7. The molecule has 2 heterocycles. The monoisotopic (exact) mass is 238 g/mol. The molecule has 0 aromatic carbocycles. The van der Waals surface area contributed by atoms with Gasteiger partial charge in [0.1, 0.15) is 6.17 Å². The molecule has 1 amide bonds. The maximum Gasteiger partial charge on any atom is 0.238 e. The van der Waals surface area contributed by atoms with Crippen LogP contribution in [0.25, 0.3) is 0 Å². The fraction of sp³-hybridized carbons (Fsp3) is 0.583. The Balaban J connectivity index is 1.99. The van der Waals surface area contributed by atoms with Crippen molar-refractivity contribution >= 4 is 17.2 Å². The van der Waals surface area contributed by atoms with E-state index >= 15 is 0 Å². The Hall–Kier alpha value is -0.870. The molecule has 3 nitrogen and oxygen atoms in total. The minimum absolute atomic E-state index is 0.107. The van der Waals surface area contributed by atoms with Gasteiger partial charge in [-0.1, -0.05) is 19.8 Å². The maximum atomic E-state index is 11.7. The fourth-order valence-corrected chi connectivity index (χ4v) is 2.73. The van der Waals surface area contributed by atoms with Crippen LogP contribution in [0.2, 0.25) is 0 Å². The molecule has 1 atom stereocenters. The molecule has 4 heteroatoms. The average molecular weight is 238 g/mol. The molecule has 16 heavy (non-hydrogen) atoms. The van der Waals surface area contributed by atoms with Gasteiger partial charge in [0, 0.05) is 6.54 Å². The highest BCUT2D eigenvalue weighted by Gasteiger charge is 2.30. The zero-order chi connectivity index (χ0) is 11.4. The Morgan fingerprint density at radius 1 is 1.56 bits per heavy atom. The predicted octanol–water partition coefficient (Wildman–Crippen LogP) is 2.37. The Morgan fingerprint density at radius 3 is 3.12 bits per heavy atom. The Bertz CT molecular complexity index is 337. The molecule has 88 valence electrons. The lowest BCUT2D eigenvalue weighted by molar-refractivity contribution is -0.128. The third-order valence-corrected chi connectivity index (χ3v) is 3.64. The predicted molar refractivity (Wildman–Crippen MR) is 66.3 cm³/mol. The van der Waals surface area contributed by atoms with Crippen LogP contribution in [0.15, 0.2) is 16.8 Å². The molecule has 1 unspecified atom stereocenters. The van der Waals surface area contributed by atoms with Crippen molar-refractivity contribution in [2.24, 2.45) is 0 Å². The average Bonchev–Trinajstić information content (AvgIpc) is 2.89. The fourth-order valence-electron chi connectivity index (χ4n) is 2.05. The van der Waals surface area contributed by atoms with E-state index in [0.717, 1.165) is 13.0 Å². The molecule has 1 aliphatic heterocycles. The molecule has 1 aromatic heterocycles. The summed E-state index contributed by atoms with van der Waals surface area (Å²) in [6, 6.07) is 2.09. The number of nitrogens with zero attached hydrogens (tertiary/aromatic N) is 1. The SMILES string of the molecule is CCCCCN1C(=O)CNC1c1ccsc1. The van der Waals surface area contributed by atoms with Crippen LogP contribution < -0.4 is 5.32 Å². The quantitative estimate of drug-likeness (QED) is 0.799. The molecular formula is C12H18N2OS. The van der Waals surface area contributed by atoms with Gasteiger partial charge in [0.2, 0.25) is 5.91 Å². The lowest BCUT2D eigenvalue weighted by Gasteiger charge is -2.23. The third kappa shape index (κ3) is 2.44. The minimum Gasteiger partial charge on any atom is -0.322 e. The molecule has 0 aliphatic carbocycles. The number of rotatable bonds is 5. The van der Waals surface area contributed by atoms with Gasteiger partial charge in [0.05, 0.1) is 6.54 Å². The van der Waals surface area contributed by atoms with Gasteiger partial charge in [0.15, 0.2) is 0 Å². The van der Waals surface area contributed by atoms with Crippen molar-refractivity contribution in [1.82, 2.24) is 10.2 Å². The van der Waals surface area contributed by atoms with E-state index in [2.05, 4.69) is 29.1 Å². The van der Waals surface area contributed by atoms with Crippen LogP contribution in [0, 0.1) is 0 Å². The molecular weight excluding hydrogens is 220 g/mol. The second kappa shape index (κ2) is 5.46. The van der Waals surface area contributed by atoms with Crippen LogP contribution in [0.1, 0.15) is 37.9 Å². The topological polar surface area (TPSA) is 32.3 Å². The van der Waals surface area contributed by atoms with Crippen molar-refractivity contribution in [3.05, 3.63) is 22.4 Å². The first-order valence-electron chi connectivity index (χ1n) is 5.88. The highest BCUT2D eigenvalue weighted by atomic mass is 32.1. The summed E-state index contributed by atoms with van der Waals surface area (Å²) in [6.07, 6.45) is 3.60. The van der Waals surface area contributed by atoms with E-state index in [-0.39, 0.29) is 12.1 Å². The zero-order valence-corrected chi connectivity index (χ0v) is 10.4. The standard InChI is InChI=1S/C12H18N2OS/c1-2-3-4-6-14-11(15)8-13-12(14)10-5-7-16-9-10/h5,7,9,12-13H,2-4,6,8H2,1H3. The van der Waals surface area contributed by atoms with Crippen molar-refractivity contribution in [3.8, 4) is 0 Å². The normalized spacial score (nSPS) is 20.7. The van der Waals surface area contributed by atoms with Crippen molar-refractivity contribution in [2.75, 3.05) is 13.1 Å². The summed E-state index contributed by atoms with van der Waals surface area (Å²) in [7, 11) is 0. The van der Waals surface area contributed by atoms with Crippen molar-refractivity contribution < 1.29 is 4.79 Å². The number of hydrogen-bond acceptors (Lipinski definition) is 3. The number of carbonyl (C=O) groups excluding carboxylic acids is 1. The van der Waals surface area contributed by atoms with E-state index in [1.54, 1.807) is 11.3 Å². The van der Waals surface area contributed by atoms with Gasteiger partial charge >= 0.3 is 0 Å². The molecule has 0 spiro atoms. The highest BCUT2D eigenvalue weighted by Crippen LogP contribution is 2.24. The van der Waals surface area contributed by atoms with E-state index in [4.69, 9.17) is 0 Å². The van der Waals surface area contributed by atoms with Gasteiger partial charge in [0.25, 0.3) is 0 Å². The van der Waals surface area contributed by atoms with Crippen LogP contribution >= 0.6 is 11.3 Å². The molecule has 0 bridgehead atoms. The number of carbonyl (C=O) groups is 1. The van der Waals surface area contributed by atoms with E-state index in [0.29, 0.717) is 6.54 Å². The Labute approximate surface area is 100 Å². The van der Waals surface area contributed by atoms with Gasteiger partial charge in [-0.2, -0.15) is 11.3 Å². The molecule has 1 saturated heterocycles. The summed E-state index contributed by atoms with van der Waals surface area (Å²) in [5.74, 6) is 0.229. The number of hydrogen-bond donors (Lipinski definition) is 1. The van der Waals surface area contributed by atoms with E-state index in [1.165, 1.54) is 18.4 Å². The summed E-state index contributed by atoms with van der Waals surface area (Å²) in [4.78, 5) is 13.7. The number of nitrogens with one attached hydrogen (secondary N) is 1. The molecule has 1 aromatic rings. The van der Waals surface area contributed by atoms with Gasteiger partial charge in [-0.3, -0.25) is 10.1 Å². The Kier molecular flexibility index (Phi) is 3.96. The molecule has 0 saturated carbocycles. The molecule has 0 radical (unpaired) electrons. The van der Waals surface area contributed by atoms with E-state index < -0.39 is 0 Å². The second-order valence-corrected chi connectivity index (χ2v) is 4.91. The van der Waals surface area contributed by atoms with E-state index in [1.807, 2.05) is 4.90 Å². The van der Waals surface area contributed by atoms with Crippen LogP contribution in [-0.2, 0) is 4.79 Å². The summed E-state index contributed by atoms with van der Waals surface area (Å²) in [6.45, 7) is 3.53. The van der Waals surface area contributed by atoms with Crippen molar-refractivity contribution in [3.63, 3.8) is 0 Å². The molecule has 1 N–H and O–H groups in total. The minimum atomic E-state index is 0.107. The van der Waals surface area contributed by atoms with Crippen molar-refractivity contribution in [2.45, 2.75) is 32.4 Å². The van der Waals surface area contributed by atoms with Crippen LogP contribution in [0.5, 0.6) is 0 Å². The zero-order valence-electron chi connectivity index (χ0n) is 9.61. The Morgan fingerprint density at radius 2 is 2.44 bits per heavy atom. The summed E-state index contributed by atoms with van der Waals surface area (Å²) < 4.78 is 0. The summed E-state index contributed by atoms with van der Waals surface area (Å²) in [5.41, 5.74) is 1.22.